The number of nitrogens with zero attached hydrogens (tertiary/aromatic N) is 1. The molecule has 0 aromatic heterocycles. The Bertz CT molecular complexity index is 1110. The van der Waals surface area contributed by atoms with Gasteiger partial charge in [0.25, 0.3) is 0 Å². The summed E-state index contributed by atoms with van der Waals surface area (Å²) >= 11 is 7.52. The zero-order valence-electron chi connectivity index (χ0n) is 19.8. The molecule has 0 saturated carbocycles. The highest BCUT2D eigenvalue weighted by molar-refractivity contribution is 7.99. The fourth-order valence-corrected chi connectivity index (χ4v) is 4.77. The Labute approximate surface area is 215 Å². The van der Waals surface area contributed by atoms with Crippen LogP contribution in [0, 0.1) is 5.82 Å². The van der Waals surface area contributed by atoms with Gasteiger partial charge in [0.1, 0.15) is 11.9 Å². The first-order valence-corrected chi connectivity index (χ1v) is 13.2. The van der Waals surface area contributed by atoms with Gasteiger partial charge in [-0.2, -0.15) is 0 Å². The van der Waals surface area contributed by atoms with Crippen LogP contribution in [0.1, 0.15) is 30.0 Å². The fraction of sp³-hybridized carbons (Fsp3) is 0.286. The molecule has 184 valence electrons. The van der Waals surface area contributed by atoms with Gasteiger partial charge in [-0.1, -0.05) is 79.2 Å². The van der Waals surface area contributed by atoms with Crippen LogP contribution in [-0.4, -0.2) is 35.1 Å². The molecule has 0 bridgehead atoms. The van der Waals surface area contributed by atoms with E-state index in [1.807, 2.05) is 55.5 Å². The number of rotatable bonds is 12. The Morgan fingerprint density at radius 3 is 2.43 bits per heavy atom. The van der Waals surface area contributed by atoms with E-state index in [0.29, 0.717) is 29.3 Å². The molecule has 2 amide bonds. The lowest BCUT2D eigenvalue weighted by Crippen LogP contribution is -2.51. The van der Waals surface area contributed by atoms with Crippen LogP contribution in [0.15, 0.2) is 78.9 Å². The molecule has 0 spiro atoms. The SMILES string of the molecule is CCCNC(=O)[C@@H](Cc1ccccc1)N(Cc1ccccc1F)C(=O)CSCc1cccc(Cl)c1. The second-order valence-electron chi connectivity index (χ2n) is 8.23. The third-order valence-corrected chi connectivity index (χ3v) is 6.73. The van der Waals surface area contributed by atoms with Crippen LogP contribution in [0.4, 0.5) is 4.39 Å². The number of benzene rings is 3. The summed E-state index contributed by atoms with van der Waals surface area (Å²) in [6.07, 6.45) is 1.12. The third-order valence-electron chi connectivity index (χ3n) is 5.50. The van der Waals surface area contributed by atoms with Gasteiger partial charge in [-0.05, 0) is 35.7 Å². The topological polar surface area (TPSA) is 49.4 Å². The van der Waals surface area contributed by atoms with Crippen LogP contribution in [0.2, 0.25) is 5.02 Å². The molecule has 0 fully saturated rings. The summed E-state index contributed by atoms with van der Waals surface area (Å²) < 4.78 is 14.6. The predicted molar refractivity (Wildman–Crippen MR) is 142 cm³/mol. The summed E-state index contributed by atoms with van der Waals surface area (Å²) in [6, 6.07) is 22.7. The van der Waals surface area contributed by atoms with Crippen molar-refractivity contribution in [2.75, 3.05) is 12.3 Å². The Hall–Kier alpha value is -2.83. The lowest BCUT2D eigenvalue weighted by molar-refractivity contribution is -0.139. The van der Waals surface area contributed by atoms with E-state index in [4.69, 9.17) is 11.6 Å². The van der Waals surface area contributed by atoms with Gasteiger partial charge in [0.15, 0.2) is 0 Å². The molecule has 4 nitrogen and oxygen atoms in total. The molecule has 1 N–H and O–H groups in total. The second kappa shape index (κ2) is 13.9. The summed E-state index contributed by atoms with van der Waals surface area (Å²) in [5.74, 6) is -0.0872. The Morgan fingerprint density at radius 1 is 1.00 bits per heavy atom. The number of hydrogen-bond acceptors (Lipinski definition) is 3. The monoisotopic (exact) mass is 512 g/mol. The van der Waals surface area contributed by atoms with Gasteiger partial charge in [-0.25, -0.2) is 4.39 Å². The average Bonchev–Trinajstić information content (AvgIpc) is 2.86. The summed E-state index contributed by atoms with van der Waals surface area (Å²) in [4.78, 5) is 28.3. The Kier molecular flexibility index (Phi) is 10.6. The smallest absolute Gasteiger partial charge is 0.243 e. The van der Waals surface area contributed by atoms with Gasteiger partial charge < -0.3 is 10.2 Å². The summed E-state index contributed by atoms with van der Waals surface area (Å²) in [5, 5.41) is 3.57. The molecule has 0 unspecified atom stereocenters. The highest BCUT2D eigenvalue weighted by Crippen LogP contribution is 2.20. The first-order valence-electron chi connectivity index (χ1n) is 11.6. The van der Waals surface area contributed by atoms with E-state index in [1.54, 1.807) is 24.3 Å². The number of carbonyl (C=O) groups is 2. The van der Waals surface area contributed by atoms with Gasteiger partial charge in [0.05, 0.1) is 5.75 Å². The van der Waals surface area contributed by atoms with E-state index in [-0.39, 0.29) is 24.1 Å². The van der Waals surface area contributed by atoms with Gasteiger partial charge >= 0.3 is 0 Å². The van der Waals surface area contributed by atoms with Gasteiger partial charge in [0, 0.05) is 35.8 Å². The minimum Gasteiger partial charge on any atom is -0.354 e. The molecular formula is C28H30ClFN2O2S. The van der Waals surface area contributed by atoms with Crippen molar-refractivity contribution in [1.82, 2.24) is 10.2 Å². The van der Waals surface area contributed by atoms with Crippen LogP contribution >= 0.6 is 23.4 Å². The molecule has 0 heterocycles. The van der Waals surface area contributed by atoms with Crippen molar-refractivity contribution in [1.29, 1.82) is 0 Å². The zero-order valence-corrected chi connectivity index (χ0v) is 21.3. The standard InChI is InChI=1S/C28H30ClFN2O2S/c1-2-15-31-28(34)26(17-21-9-4-3-5-10-21)32(18-23-12-6-7-14-25(23)30)27(33)20-35-19-22-11-8-13-24(29)16-22/h3-14,16,26H,2,15,17-20H2,1H3,(H,31,34)/t26-/m1/s1. The van der Waals surface area contributed by atoms with E-state index in [1.165, 1.54) is 22.7 Å². The highest BCUT2D eigenvalue weighted by Gasteiger charge is 2.30. The van der Waals surface area contributed by atoms with E-state index >= 15 is 0 Å². The maximum absolute atomic E-state index is 14.6. The minimum absolute atomic E-state index is 0.0142. The summed E-state index contributed by atoms with van der Waals surface area (Å²) in [7, 11) is 0. The molecule has 0 aliphatic heterocycles. The molecule has 0 saturated heterocycles. The van der Waals surface area contributed by atoms with Gasteiger partial charge in [-0.3, -0.25) is 9.59 Å². The number of thioether (sulfide) groups is 1. The average molecular weight is 513 g/mol. The first-order chi connectivity index (χ1) is 17.0. The quantitative estimate of drug-likeness (QED) is 0.330. The predicted octanol–water partition coefficient (Wildman–Crippen LogP) is 5.88. The first kappa shape index (κ1) is 26.8. The lowest BCUT2D eigenvalue weighted by atomic mass is 10.0. The Balaban J connectivity index is 1.84. The number of hydrogen-bond donors (Lipinski definition) is 1. The molecular weight excluding hydrogens is 483 g/mol. The molecule has 0 aliphatic carbocycles. The van der Waals surface area contributed by atoms with Crippen LogP contribution in [-0.2, 0) is 28.3 Å². The summed E-state index contributed by atoms with van der Waals surface area (Å²) in [5.41, 5.74) is 2.32. The molecule has 0 aliphatic rings. The van der Waals surface area contributed by atoms with Crippen molar-refractivity contribution in [2.24, 2.45) is 0 Å². The van der Waals surface area contributed by atoms with Crippen molar-refractivity contribution >= 4 is 35.2 Å². The zero-order chi connectivity index (χ0) is 25.0. The summed E-state index contributed by atoms with van der Waals surface area (Å²) in [6.45, 7) is 2.50. The fourth-order valence-electron chi connectivity index (χ4n) is 3.70. The molecule has 3 aromatic rings. The van der Waals surface area contributed by atoms with Crippen LogP contribution in [0.25, 0.3) is 0 Å². The van der Waals surface area contributed by atoms with Crippen molar-refractivity contribution in [3.63, 3.8) is 0 Å². The van der Waals surface area contributed by atoms with Crippen molar-refractivity contribution in [2.45, 2.75) is 38.1 Å². The molecule has 7 heteroatoms. The van der Waals surface area contributed by atoms with E-state index in [0.717, 1.165) is 17.5 Å². The maximum atomic E-state index is 14.6. The van der Waals surface area contributed by atoms with Crippen molar-refractivity contribution < 1.29 is 14.0 Å². The third kappa shape index (κ3) is 8.41. The lowest BCUT2D eigenvalue weighted by Gasteiger charge is -2.31. The van der Waals surface area contributed by atoms with Gasteiger partial charge in [-0.15, -0.1) is 11.8 Å². The largest absolute Gasteiger partial charge is 0.354 e. The van der Waals surface area contributed by atoms with Crippen LogP contribution in [0.5, 0.6) is 0 Å². The molecule has 3 aromatic carbocycles. The normalized spacial score (nSPS) is 11.6. The van der Waals surface area contributed by atoms with Crippen molar-refractivity contribution in [3.8, 4) is 0 Å². The molecule has 0 radical (unpaired) electrons. The molecule has 3 rings (SSSR count). The second-order valence-corrected chi connectivity index (χ2v) is 9.65. The number of amides is 2. The number of halogens is 2. The number of nitrogens with one attached hydrogen (secondary N) is 1. The molecule has 35 heavy (non-hydrogen) atoms. The van der Waals surface area contributed by atoms with Crippen molar-refractivity contribution in [3.05, 3.63) is 106 Å². The van der Waals surface area contributed by atoms with E-state index in [2.05, 4.69) is 5.32 Å². The highest BCUT2D eigenvalue weighted by atomic mass is 35.5. The molecule has 1 atom stereocenters. The van der Waals surface area contributed by atoms with Crippen LogP contribution in [0.3, 0.4) is 0 Å². The van der Waals surface area contributed by atoms with Crippen LogP contribution < -0.4 is 5.32 Å². The van der Waals surface area contributed by atoms with Gasteiger partial charge in [0.2, 0.25) is 11.8 Å². The minimum atomic E-state index is -0.761. The van der Waals surface area contributed by atoms with E-state index < -0.39 is 11.9 Å². The Morgan fingerprint density at radius 2 is 1.71 bits per heavy atom. The maximum Gasteiger partial charge on any atom is 0.243 e. The van der Waals surface area contributed by atoms with E-state index in [9.17, 15) is 14.0 Å². The number of carbonyl (C=O) groups excluding carboxylic acids is 2.